The van der Waals surface area contributed by atoms with Gasteiger partial charge in [0.1, 0.15) is 0 Å². The SMILES string of the molecule is COCCOCC(O)CSc1nnc(CN)o1. The third-order valence-corrected chi connectivity index (χ3v) is 2.73. The van der Waals surface area contributed by atoms with Crippen molar-refractivity contribution in [2.24, 2.45) is 5.73 Å². The minimum Gasteiger partial charge on any atom is -0.415 e. The van der Waals surface area contributed by atoms with Crippen LogP contribution in [0.1, 0.15) is 5.89 Å². The Hall–Kier alpha value is -0.670. The van der Waals surface area contributed by atoms with Crippen molar-refractivity contribution in [3.63, 3.8) is 0 Å². The Bertz CT molecular complexity index is 310. The van der Waals surface area contributed by atoms with Crippen molar-refractivity contribution >= 4 is 11.8 Å². The first-order chi connectivity index (χ1) is 8.26. The van der Waals surface area contributed by atoms with Crippen molar-refractivity contribution < 1.29 is 19.0 Å². The van der Waals surface area contributed by atoms with Crippen LogP contribution in [0.25, 0.3) is 0 Å². The molecular weight excluding hydrogens is 246 g/mol. The number of hydrogen-bond donors (Lipinski definition) is 2. The molecule has 1 rings (SSSR count). The Morgan fingerprint density at radius 3 is 2.94 bits per heavy atom. The van der Waals surface area contributed by atoms with E-state index in [0.717, 1.165) is 0 Å². The predicted octanol–water partition coefficient (Wildman–Crippen LogP) is -0.356. The average Bonchev–Trinajstić information content (AvgIpc) is 2.80. The number of hydrogen-bond acceptors (Lipinski definition) is 8. The van der Waals surface area contributed by atoms with Gasteiger partial charge in [0.2, 0.25) is 5.89 Å². The molecule has 0 aliphatic carbocycles. The molecule has 7 nitrogen and oxygen atoms in total. The second-order valence-electron chi connectivity index (χ2n) is 3.20. The maximum absolute atomic E-state index is 9.57. The van der Waals surface area contributed by atoms with Crippen molar-refractivity contribution in [1.29, 1.82) is 0 Å². The lowest BCUT2D eigenvalue weighted by Crippen LogP contribution is -2.19. The number of rotatable bonds is 9. The largest absolute Gasteiger partial charge is 0.415 e. The molecule has 8 heteroatoms. The van der Waals surface area contributed by atoms with Crippen LogP contribution in [-0.4, -0.2) is 54.1 Å². The molecule has 0 bridgehead atoms. The number of thioether (sulfide) groups is 1. The van der Waals surface area contributed by atoms with Crippen molar-refractivity contribution in [3.05, 3.63) is 5.89 Å². The summed E-state index contributed by atoms with van der Waals surface area (Å²) < 4.78 is 15.2. The third-order valence-electron chi connectivity index (χ3n) is 1.76. The second-order valence-corrected chi connectivity index (χ2v) is 4.17. The van der Waals surface area contributed by atoms with Crippen LogP contribution in [0, 0.1) is 0 Å². The van der Waals surface area contributed by atoms with Crippen LogP contribution in [0.4, 0.5) is 0 Å². The number of nitrogens with zero attached hydrogens (tertiary/aromatic N) is 2. The molecule has 0 aliphatic rings. The lowest BCUT2D eigenvalue weighted by atomic mass is 10.4. The molecule has 0 radical (unpaired) electrons. The van der Waals surface area contributed by atoms with Gasteiger partial charge < -0.3 is 24.7 Å². The van der Waals surface area contributed by atoms with Crippen LogP contribution in [0.15, 0.2) is 9.64 Å². The fourth-order valence-corrected chi connectivity index (χ4v) is 1.64. The molecule has 0 spiro atoms. The van der Waals surface area contributed by atoms with Crippen LogP contribution >= 0.6 is 11.8 Å². The van der Waals surface area contributed by atoms with E-state index in [1.807, 2.05) is 0 Å². The number of aliphatic hydroxyl groups is 1. The summed E-state index contributed by atoms with van der Waals surface area (Å²) in [5.74, 6) is 0.817. The van der Waals surface area contributed by atoms with Gasteiger partial charge in [-0.15, -0.1) is 10.2 Å². The number of nitrogens with two attached hydrogens (primary N) is 1. The molecule has 98 valence electrons. The van der Waals surface area contributed by atoms with Gasteiger partial charge in [0.05, 0.1) is 32.5 Å². The zero-order valence-corrected chi connectivity index (χ0v) is 10.5. The quantitative estimate of drug-likeness (QED) is 0.460. The van der Waals surface area contributed by atoms with Crippen LogP contribution in [0.2, 0.25) is 0 Å². The van der Waals surface area contributed by atoms with Gasteiger partial charge in [0.15, 0.2) is 0 Å². The highest BCUT2D eigenvalue weighted by Crippen LogP contribution is 2.16. The van der Waals surface area contributed by atoms with E-state index in [-0.39, 0.29) is 13.2 Å². The fourth-order valence-electron chi connectivity index (χ4n) is 0.956. The Labute approximate surface area is 104 Å². The number of ether oxygens (including phenoxy) is 2. The topological polar surface area (TPSA) is 104 Å². The predicted molar refractivity (Wildman–Crippen MR) is 61.6 cm³/mol. The van der Waals surface area contributed by atoms with Gasteiger partial charge in [-0.1, -0.05) is 11.8 Å². The minimum absolute atomic E-state index is 0.218. The smallest absolute Gasteiger partial charge is 0.276 e. The summed E-state index contributed by atoms with van der Waals surface area (Å²) in [5, 5.41) is 17.4. The highest BCUT2D eigenvalue weighted by atomic mass is 32.2. The molecular formula is C9H17N3O4S. The molecule has 1 aromatic heterocycles. The lowest BCUT2D eigenvalue weighted by molar-refractivity contribution is 0.0218. The first kappa shape index (κ1) is 14.4. The van der Waals surface area contributed by atoms with Crippen LogP contribution in [0.3, 0.4) is 0 Å². The molecule has 1 atom stereocenters. The number of methoxy groups -OCH3 is 1. The maximum atomic E-state index is 9.57. The van der Waals surface area contributed by atoms with Crippen molar-refractivity contribution in [1.82, 2.24) is 10.2 Å². The number of aliphatic hydroxyl groups excluding tert-OH is 1. The van der Waals surface area contributed by atoms with E-state index in [0.29, 0.717) is 30.1 Å². The van der Waals surface area contributed by atoms with Gasteiger partial charge in [-0.25, -0.2) is 0 Å². The minimum atomic E-state index is -0.579. The molecule has 1 aromatic rings. The molecule has 0 amide bonds. The van der Waals surface area contributed by atoms with Gasteiger partial charge >= 0.3 is 0 Å². The fraction of sp³-hybridized carbons (Fsp3) is 0.778. The summed E-state index contributed by atoms with van der Waals surface area (Å²) in [6, 6.07) is 0. The van der Waals surface area contributed by atoms with Crippen LogP contribution in [0.5, 0.6) is 0 Å². The molecule has 1 heterocycles. The van der Waals surface area contributed by atoms with Crippen molar-refractivity contribution in [3.8, 4) is 0 Å². The summed E-state index contributed by atoms with van der Waals surface area (Å²) in [6.45, 7) is 1.46. The molecule has 0 saturated carbocycles. The highest BCUT2D eigenvalue weighted by Gasteiger charge is 2.09. The molecule has 1 unspecified atom stereocenters. The zero-order chi connectivity index (χ0) is 12.5. The first-order valence-electron chi connectivity index (χ1n) is 5.16. The Kier molecular flexibility index (Phi) is 7.13. The van der Waals surface area contributed by atoms with Gasteiger partial charge in [-0.3, -0.25) is 0 Å². The first-order valence-corrected chi connectivity index (χ1v) is 6.14. The average molecular weight is 263 g/mol. The Morgan fingerprint density at radius 2 is 2.29 bits per heavy atom. The van der Waals surface area contributed by atoms with Gasteiger partial charge in [-0.2, -0.15) is 0 Å². The maximum Gasteiger partial charge on any atom is 0.276 e. The summed E-state index contributed by atoms with van der Waals surface area (Å²) in [4.78, 5) is 0. The monoisotopic (exact) mass is 263 g/mol. The van der Waals surface area contributed by atoms with E-state index in [9.17, 15) is 5.11 Å². The number of aromatic nitrogens is 2. The van der Waals surface area contributed by atoms with Crippen LogP contribution in [-0.2, 0) is 16.0 Å². The molecule has 0 aliphatic heterocycles. The summed E-state index contributed by atoms with van der Waals surface area (Å²) in [7, 11) is 1.60. The van der Waals surface area contributed by atoms with Gasteiger partial charge in [-0.05, 0) is 0 Å². The van der Waals surface area contributed by atoms with E-state index in [1.165, 1.54) is 11.8 Å². The van der Waals surface area contributed by atoms with E-state index >= 15 is 0 Å². The molecule has 0 saturated heterocycles. The zero-order valence-electron chi connectivity index (χ0n) is 9.66. The van der Waals surface area contributed by atoms with E-state index < -0.39 is 6.10 Å². The van der Waals surface area contributed by atoms with Gasteiger partial charge in [0.25, 0.3) is 5.22 Å². The summed E-state index contributed by atoms with van der Waals surface area (Å²) in [5.41, 5.74) is 5.33. The van der Waals surface area contributed by atoms with Crippen molar-refractivity contribution in [2.45, 2.75) is 17.9 Å². The third kappa shape index (κ3) is 5.99. The van der Waals surface area contributed by atoms with Crippen molar-refractivity contribution in [2.75, 3.05) is 32.7 Å². The standard InChI is InChI=1S/C9H17N3O4S/c1-14-2-3-15-5-7(13)6-17-9-12-11-8(4-10)16-9/h7,13H,2-6,10H2,1H3. The normalized spacial score (nSPS) is 12.9. The Morgan fingerprint density at radius 1 is 1.47 bits per heavy atom. The second kappa shape index (κ2) is 8.43. The molecule has 0 fully saturated rings. The highest BCUT2D eigenvalue weighted by molar-refractivity contribution is 7.99. The van der Waals surface area contributed by atoms with E-state index in [1.54, 1.807) is 7.11 Å². The van der Waals surface area contributed by atoms with Gasteiger partial charge in [0, 0.05) is 12.9 Å². The van der Waals surface area contributed by atoms with E-state index in [4.69, 9.17) is 19.6 Å². The Balaban J connectivity index is 2.12. The molecule has 0 aromatic carbocycles. The van der Waals surface area contributed by atoms with Crippen LogP contribution < -0.4 is 5.73 Å². The summed E-state index contributed by atoms with van der Waals surface area (Å²) in [6.07, 6.45) is -0.579. The lowest BCUT2D eigenvalue weighted by Gasteiger charge is -2.09. The molecule has 17 heavy (non-hydrogen) atoms. The molecule has 3 N–H and O–H groups in total. The van der Waals surface area contributed by atoms with E-state index in [2.05, 4.69) is 10.2 Å². The summed E-state index contributed by atoms with van der Waals surface area (Å²) >= 11 is 1.27.